The number of oxazole rings is 1. The molecule has 0 bridgehead atoms. The average Bonchev–Trinajstić information content (AvgIpc) is 3.56. The molecule has 0 aliphatic carbocycles. The molecular weight excluding hydrogens is 515 g/mol. The summed E-state index contributed by atoms with van der Waals surface area (Å²) in [5.74, 6) is 0.385. The highest BCUT2D eigenvalue weighted by Gasteiger charge is 2.17. The maximum absolute atomic E-state index is 12.7. The maximum atomic E-state index is 12.7. The van der Waals surface area contributed by atoms with E-state index in [-0.39, 0.29) is 15.4 Å². The fourth-order valence-corrected chi connectivity index (χ4v) is 6.34. The molecule has 1 unspecified atom stereocenters. The lowest BCUT2D eigenvalue weighted by molar-refractivity contribution is -0.115. The van der Waals surface area contributed by atoms with Gasteiger partial charge in [-0.3, -0.25) is 9.52 Å². The lowest BCUT2D eigenvalue weighted by Crippen LogP contribution is -2.22. The van der Waals surface area contributed by atoms with E-state index in [9.17, 15) is 13.2 Å². The van der Waals surface area contributed by atoms with E-state index in [1.165, 1.54) is 11.8 Å². The summed E-state index contributed by atoms with van der Waals surface area (Å²) in [7, 11) is -3.59. The summed E-state index contributed by atoms with van der Waals surface area (Å²) >= 11 is 2.54. The number of hydrogen-bond donors (Lipinski definition) is 2. The van der Waals surface area contributed by atoms with E-state index in [4.69, 9.17) is 4.42 Å². The summed E-state index contributed by atoms with van der Waals surface area (Å²) in [6.07, 6.45) is 0. The van der Waals surface area contributed by atoms with Crippen LogP contribution >= 0.6 is 23.1 Å². The number of para-hydroxylation sites is 2. The molecule has 0 fully saturated rings. The molecule has 2 heterocycles. The van der Waals surface area contributed by atoms with Gasteiger partial charge in [-0.05, 0) is 79.0 Å². The van der Waals surface area contributed by atoms with Crippen LogP contribution in [0.3, 0.4) is 0 Å². The molecule has 0 spiro atoms. The second-order valence-electron chi connectivity index (χ2n) is 7.88. The summed E-state index contributed by atoms with van der Waals surface area (Å²) in [5, 5.41) is 4.27. The van der Waals surface area contributed by atoms with E-state index in [2.05, 4.69) is 15.0 Å². The third-order valence-corrected chi connectivity index (χ3v) is 9.13. The van der Waals surface area contributed by atoms with Gasteiger partial charge < -0.3 is 9.73 Å². The van der Waals surface area contributed by atoms with Gasteiger partial charge in [-0.15, -0.1) is 23.1 Å². The number of thiophene rings is 1. The zero-order valence-corrected chi connectivity index (χ0v) is 21.5. The molecule has 36 heavy (non-hydrogen) atoms. The number of nitrogens with one attached hydrogen (secondary N) is 2. The number of carbonyl (C=O) groups excluding carboxylic acids is 1. The van der Waals surface area contributed by atoms with E-state index < -0.39 is 10.0 Å². The molecule has 0 radical (unpaired) electrons. The van der Waals surface area contributed by atoms with Crippen molar-refractivity contribution >= 4 is 61.5 Å². The van der Waals surface area contributed by atoms with Crippen molar-refractivity contribution in [3.63, 3.8) is 0 Å². The smallest absolute Gasteiger partial charge is 0.271 e. The SMILES string of the molecule is CC(Sc1ccc(NS(=O)(=O)c2cccs2)cc1)C(=O)Nc1ccc(-c2nc3ccccc3o2)cc1. The van der Waals surface area contributed by atoms with Crippen molar-refractivity contribution < 1.29 is 17.6 Å². The van der Waals surface area contributed by atoms with Gasteiger partial charge in [-0.25, -0.2) is 13.4 Å². The van der Waals surface area contributed by atoms with Gasteiger partial charge in [0.05, 0.1) is 5.25 Å². The van der Waals surface area contributed by atoms with Gasteiger partial charge in [-0.1, -0.05) is 18.2 Å². The monoisotopic (exact) mass is 535 g/mol. The number of sulfonamides is 1. The second kappa shape index (κ2) is 10.2. The van der Waals surface area contributed by atoms with Crippen molar-refractivity contribution in [2.75, 3.05) is 10.0 Å². The Balaban J connectivity index is 1.18. The first-order chi connectivity index (χ1) is 17.4. The van der Waals surface area contributed by atoms with Gasteiger partial charge in [0, 0.05) is 21.8 Å². The van der Waals surface area contributed by atoms with Crippen LogP contribution in [0.1, 0.15) is 6.92 Å². The van der Waals surface area contributed by atoms with Crippen molar-refractivity contribution in [1.82, 2.24) is 4.98 Å². The van der Waals surface area contributed by atoms with Gasteiger partial charge >= 0.3 is 0 Å². The Morgan fingerprint density at radius 1 is 0.944 bits per heavy atom. The van der Waals surface area contributed by atoms with Crippen molar-refractivity contribution in [3.05, 3.63) is 90.3 Å². The predicted molar refractivity (Wildman–Crippen MR) is 145 cm³/mol. The number of nitrogens with zero attached hydrogens (tertiary/aromatic N) is 1. The number of carbonyl (C=O) groups is 1. The molecule has 0 aliphatic rings. The highest BCUT2D eigenvalue weighted by molar-refractivity contribution is 8.00. The van der Waals surface area contributed by atoms with Gasteiger partial charge in [0.25, 0.3) is 10.0 Å². The summed E-state index contributed by atoms with van der Waals surface area (Å²) in [6.45, 7) is 1.82. The van der Waals surface area contributed by atoms with Crippen molar-refractivity contribution in [1.29, 1.82) is 0 Å². The van der Waals surface area contributed by atoms with E-state index >= 15 is 0 Å². The first-order valence-electron chi connectivity index (χ1n) is 11.0. The molecule has 7 nitrogen and oxygen atoms in total. The first kappa shape index (κ1) is 24.1. The van der Waals surface area contributed by atoms with Crippen LogP contribution in [0.4, 0.5) is 11.4 Å². The van der Waals surface area contributed by atoms with Crippen LogP contribution in [0.15, 0.2) is 104 Å². The molecule has 0 saturated carbocycles. The number of benzene rings is 3. The molecule has 0 saturated heterocycles. The first-order valence-corrected chi connectivity index (χ1v) is 14.2. The van der Waals surface area contributed by atoms with Crippen LogP contribution in [0.25, 0.3) is 22.6 Å². The van der Waals surface area contributed by atoms with Crippen LogP contribution in [0.5, 0.6) is 0 Å². The normalized spacial score (nSPS) is 12.4. The number of amides is 1. The van der Waals surface area contributed by atoms with E-state index in [0.717, 1.165) is 32.9 Å². The second-order valence-corrected chi connectivity index (χ2v) is 12.1. The fraction of sp³-hybridized carbons (Fsp3) is 0.0769. The van der Waals surface area contributed by atoms with Crippen molar-refractivity contribution in [2.45, 2.75) is 21.3 Å². The summed E-state index contributed by atoms with van der Waals surface area (Å²) < 4.78 is 33.3. The average molecular weight is 536 g/mol. The fourth-order valence-electron chi connectivity index (χ4n) is 3.42. The number of hydrogen-bond acceptors (Lipinski definition) is 7. The van der Waals surface area contributed by atoms with Gasteiger partial charge in [0.15, 0.2) is 5.58 Å². The number of rotatable bonds is 8. The summed E-state index contributed by atoms with van der Waals surface area (Å²) in [6, 6.07) is 25.1. The van der Waals surface area contributed by atoms with Gasteiger partial charge in [0.2, 0.25) is 11.8 Å². The molecule has 10 heteroatoms. The highest BCUT2D eigenvalue weighted by atomic mass is 32.2. The third kappa shape index (κ3) is 5.46. The topological polar surface area (TPSA) is 101 Å². The summed E-state index contributed by atoms with van der Waals surface area (Å²) in [5.41, 5.74) is 3.48. The van der Waals surface area contributed by atoms with Crippen LogP contribution in [0, 0.1) is 0 Å². The van der Waals surface area contributed by atoms with E-state index in [1.807, 2.05) is 55.5 Å². The van der Waals surface area contributed by atoms with E-state index in [0.29, 0.717) is 17.3 Å². The minimum Gasteiger partial charge on any atom is -0.436 e. The highest BCUT2D eigenvalue weighted by Crippen LogP contribution is 2.28. The molecular formula is C26H21N3O4S3. The number of aromatic nitrogens is 1. The van der Waals surface area contributed by atoms with Crippen LogP contribution in [-0.2, 0) is 14.8 Å². The van der Waals surface area contributed by atoms with Gasteiger partial charge in [-0.2, -0.15) is 0 Å². The van der Waals surface area contributed by atoms with Crippen LogP contribution in [0.2, 0.25) is 0 Å². The van der Waals surface area contributed by atoms with E-state index in [1.54, 1.807) is 41.8 Å². The zero-order valence-electron chi connectivity index (χ0n) is 19.0. The Morgan fingerprint density at radius 3 is 2.36 bits per heavy atom. The molecule has 1 amide bonds. The lowest BCUT2D eigenvalue weighted by Gasteiger charge is -2.13. The Kier molecular flexibility index (Phi) is 6.82. The number of thioether (sulfide) groups is 1. The minimum absolute atomic E-state index is 0.142. The Morgan fingerprint density at radius 2 is 1.67 bits per heavy atom. The molecule has 0 aliphatic heterocycles. The molecule has 1 atom stereocenters. The van der Waals surface area contributed by atoms with Crippen molar-refractivity contribution in [3.8, 4) is 11.5 Å². The molecule has 3 aromatic carbocycles. The molecule has 2 aromatic heterocycles. The Labute approximate surface area is 216 Å². The summed E-state index contributed by atoms with van der Waals surface area (Å²) in [4.78, 5) is 18.1. The molecule has 5 aromatic rings. The Hall–Kier alpha value is -3.60. The van der Waals surface area contributed by atoms with Crippen LogP contribution < -0.4 is 10.0 Å². The zero-order chi connectivity index (χ0) is 25.1. The van der Waals surface area contributed by atoms with Crippen molar-refractivity contribution in [2.24, 2.45) is 0 Å². The number of fused-ring (bicyclic) bond motifs is 1. The maximum Gasteiger partial charge on any atom is 0.271 e. The molecule has 2 N–H and O–H groups in total. The third-order valence-electron chi connectivity index (χ3n) is 5.24. The Bertz CT molecular complexity index is 1560. The van der Waals surface area contributed by atoms with Gasteiger partial charge in [0.1, 0.15) is 9.73 Å². The largest absolute Gasteiger partial charge is 0.436 e. The van der Waals surface area contributed by atoms with Crippen LogP contribution in [-0.4, -0.2) is 24.6 Å². The standard InChI is InChI=1S/C26H21N3O4S3/c1-17(35-21-14-12-20(13-15-21)29-36(31,32)24-7-4-16-34-24)25(30)27-19-10-8-18(9-11-19)26-28-22-5-2-3-6-23(22)33-26/h2-17,29H,1H3,(H,27,30). The quantitative estimate of drug-likeness (QED) is 0.221. The minimum atomic E-state index is -3.59. The predicted octanol–water partition coefficient (Wildman–Crippen LogP) is 6.48. The number of anilines is 2. The molecule has 182 valence electrons. The lowest BCUT2D eigenvalue weighted by atomic mass is 10.2. The molecule has 5 rings (SSSR count).